The number of benzene rings is 1. The summed E-state index contributed by atoms with van der Waals surface area (Å²) in [6.45, 7) is 2.47. The van der Waals surface area contributed by atoms with E-state index in [1.165, 1.54) is 0 Å². The number of hydrogen-bond donors (Lipinski definition) is 4. The first-order valence-electron chi connectivity index (χ1n) is 6.48. The molecular weight excluding hydrogens is 343 g/mol. The SMILES string of the molecule is CC(N)=NCc1cccc(CNC(=O)[C@@H](N)CC(=O)O)c1.Cl.Cl. The fourth-order valence-corrected chi connectivity index (χ4v) is 1.66. The molecule has 7 nitrogen and oxygen atoms in total. The standard InChI is InChI=1S/C14H20N4O3.2ClH/c1-9(15)17-7-10-3-2-4-11(5-10)8-18-14(21)12(16)6-13(19)20;;/h2-5,12H,6-8,16H2,1H3,(H2,15,17)(H,18,21)(H,19,20);2*1H/t12-;;/m0../s1. The van der Waals surface area contributed by atoms with E-state index in [0.717, 1.165) is 11.1 Å². The Balaban J connectivity index is 0. The molecule has 9 heteroatoms. The molecule has 0 radical (unpaired) electrons. The predicted octanol–water partition coefficient (Wildman–Crippen LogP) is 0.825. The molecule has 1 rings (SSSR count). The van der Waals surface area contributed by atoms with Gasteiger partial charge in [-0.2, -0.15) is 0 Å². The van der Waals surface area contributed by atoms with Crippen molar-refractivity contribution in [2.24, 2.45) is 16.5 Å². The zero-order chi connectivity index (χ0) is 15.8. The van der Waals surface area contributed by atoms with E-state index in [4.69, 9.17) is 16.6 Å². The lowest BCUT2D eigenvalue weighted by Crippen LogP contribution is -2.41. The lowest BCUT2D eigenvalue weighted by atomic mass is 10.1. The van der Waals surface area contributed by atoms with Gasteiger partial charge in [0.15, 0.2) is 0 Å². The summed E-state index contributed by atoms with van der Waals surface area (Å²) in [5.41, 5.74) is 12.8. The van der Waals surface area contributed by atoms with Crippen LogP contribution in [0.2, 0.25) is 0 Å². The van der Waals surface area contributed by atoms with E-state index in [9.17, 15) is 9.59 Å². The molecule has 0 saturated heterocycles. The van der Waals surface area contributed by atoms with Crippen molar-refractivity contribution < 1.29 is 14.7 Å². The number of carbonyl (C=O) groups excluding carboxylic acids is 1. The summed E-state index contributed by atoms with van der Waals surface area (Å²) >= 11 is 0. The van der Waals surface area contributed by atoms with E-state index in [2.05, 4.69) is 10.3 Å². The Bertz CT molecular complexity index is 549. The number of nitrogens with one attached hydrogen (secondary N) is 1. The molecule has 0 unspecified atom stereocenters. The van der Waals surface area contributed by atoms with Gasteiger partial charge in [-0.3, -0.25) is 14.6 Å². The first-order chi connectivity index (χ1) is 9.88. The van der Waals surface area contributed by atoms with Crippen molar-refractivity contribution in [3.05, 3.63) is 35.4 Å². The maximum absolute atomic E-state index is 11.6. The lowest BCUT2D eigenvalue weighted by Gasteiger charge is -2.10. The lowest BCUT2D eigenvalue weighted by molar-refractivity contribution is -0.139. The van der Waals surface area contributed by atoms with Gasteiger partial charge in [-0.1, -0.05) is 24.3 Å². The van der Waals surface area contributed by atoms with Gasteiger partial charge in [0.05, 0.1) is 24.8 Å². The van der Waals surface area contributed by atoms with E-state index < -0.39 is 24.3 Å². The van der Waals surface area contributed by atoms with Gasteiger partial charge in [0.2, 0.25) is 5.91 Å². The smallest absolute Gasteiger partial charge is 0.305 e. The predicted molar refractivity (Wildman–Crippen MR) is 94.0 cm³/mol. The van der Waals surface area contributed by atoms with E-state index in [-0.39, 0.29) is 31.4 Å². The summed E-state index contributed by atoms with van der Waals surface area (Å²) < 4.78 is 0. The van der Waals surface area contributed by atoms with Crippen LogP contribution in [0.5, 0.6) is 0 Å². The van der Waals surface area contributed by atoms with Crippen molar-refractivity contribution in [1.29, 1.82) is 0 Å². The second-order valence-electron chi connectivity index (χ2n) is 4.70. The number of hydrogen-bond acceptors (Lipinski definition) is 4. The number of rotatable bonds is 7. The number of nitrogens with two attached hydrogens (primary N) is 2. The number of aliphatic imine (C=N–C) groups is 1. The topological polar surface area (TPSA) is 131 Å². The molecule has 0 saturated carbocycles. The first kappa shape index (κ1) is 23.4. The summed E-state index contributed by atoms with van der Waals surface area (Å²) in [5, 5.41) is 11.2. The van der Waals surface area contributed by atoms with Crippen LogP contribution >= 0.6 is 24.8 Å². The summed E-state index contributed by atoms with van der Waals surface area (Å²) in [4.78, 5) is 26.2. The Hall–Kier alpha value is -1.83. The minimum atomic E-state index is -1.10. The van der Waals surface area contributed by atoms with Gasteiger partial charge in [0.25, 0.3) is 0 Å². The minimum absolute atomic E-state index is 0. The van der Waals surface area contributed by atoms with Gasteiger partial charge in [0, 0.05) is 6.54 Å². The number of amidine groups is 1. The van der Waals surface area contributed by atoms with Crippen LogP contribution in [0, 0.1) is 0 Å². The van der Waals surface area contributed by atoms with E-state index >= 15 is 0 Å². The molecule has 1 aromatic rings. The summed E-state index contributed by atoms with van der Waals surface area (Å²) in [6.07, 6.45) is -0.392. The molecule has 0 spiro atoms. The fourth-order valence-electron chi connectivity index (χ4n) is 1.66. The summed E-state index contributed by atoms with van der Waals surface area (Å²) in [5.74, 6) is -1.08. The Kier molecular flexibility index (Phi) is 11.9. The van der Waals surface area contributed by atoms with Crippen molar-refractivity contribution >= 4 is 42.5 Å². The average Bonchev–Trinajstić information content (AvgIpc) is 2.42. The molecule has 0 aromatic heterocycles. The van der Waals surface area contributed by atoms with Crippen LogP contribution in [0.1, 0.15) is 24.5 Å². The molecular formula is C14H22Cl2N4O3. The molecule has 0 heterocycles. The van der Waals surface area contributed by atoms with E-state index in [0.29, 0.717) is 12.4 Å². The zero-order valence-corrected chi connectivity index (χ0v) is 14.3. The number of carbonyl (C=O) groups is 2. The maximum atomic E-state index is 11.6. The Labute approximate surface area is 147 Å². The van der Waals surface area contributed by atoms with Gasteiger partial charge < -0.3 is 21.9 Å². The van der Waals surface area contributed by atoms with Crippen molar-refractivity contribution in [2.45, 2.75) is 32.5 Å². The number of amides is 1. The Morgan fingerprint density at radius 3 is 2.48 bits per heavy atom. The van der Waals surface area contributed by atoms with E-state index in [1.807, 2.05) is 24.3 Å². The number of carboxylic acids is 1. The normalized spacial score (nSPS) is 11.7. The van der Waals surface area contributed by atoms with Gasteiger partial charge in [-0.05, 0) is 18.1 Å². The van der Waals surface area contributed by atoms with Gasteiger partial charge in [-0.15, -0.1) is 24.8 Å². The molecule has 0 aliphatic carbocycles. The minimum Gasteiger partial charge on any atom is -0.481 e. The molecule has 23 heavy (non-hydrogen) atoms. The van der Waals surface area contributed by atoms with Crippen LogP contribution in [0.4, 0.5) is 0 Å². The largest absolute Gasteiger partial charge is 0.481 e. The molecule has 6 N–H and O–H groups in total. The molecule has 0 bridgehead atoms. The molecule has 130 valence electrons. The number of aliphatic carboxylic acids is 1. The highest BCUT2D eigenvalue weighted by Crippen LogP contribution is 2.06. The van der Waals surface area contributed by atoms with Crippen LogP contribution in [0.25, 0.3) is 0 Å². The van der Waals surface area contributed by atoms with Crippen LogP contribution in [-0.4, -0.2) is 28.9 Å². The second kappa shape index (κ2) is 11.7. The van der Waals surface area contributed by atoms with Crippen LogP contribution in [0.3, 0.4) is 0 Å². The van der Waals surface area contributed by atoms with Crippen molar-refractivity contribution in [3.63, 3.8) is 0 Å². The third-order valence-corrected chi connectivity index (χ3v) is 2.70. The molecule has 0 aliphatic rings. The quantitative estimate of drug-likeness (QED) is 0.420. The van der Waals surface area contributed by atoms with Crippen molar-refractivity contribution in [3.8, 4) is 0 Å². The summed E-state index contributed by atoms with van der Waals surface area (Å²) in [6, 6.07) is 6.47. The van der Waals surface area contributed by atoms with Crippen LogP contribution in [0.15, 0.2) is 29.3 Å². The van der Waals surface area contributed by atoms with Crippen LogP contribution < -0.4 is 16.8 Å². The van der Waals surface area contributed by atoms with Gasteiger partial charge in [0.1, 0.15) is 0 Å². The first-order valence-corrected chi connectivity index (χ1v) is 6.48. The fraction of sp³-hybridized carbons (Fsp3) is 0.357. The molecule has 1 atom stereocenters. The Morgan fingerprint density at radius 1 is 1.30 bits per heavy atom. The highest BCUT2D eigenvalue weighted by atomic mass is 35.5. The van der Waals surface area contributed by atoms with Gasteiger partial charge >= 0.3 is 5.97 Å². The monoisotopic (exact) mass is 364 g/mol. The number of halogens is 2. The van der Waals surface area contributed by atoms with Crippen molar-refractivity contribution in [1.82, 2.24) is 5.32 Å². The second-order valence-corrected chi connectivity index (χ2v) is 4.70. The molecule has 1 amide bonds. The summed E-state index contributed by atoms with van der Waals surface area (Å²) in [7, 11) is 0. The molecule has 0 fully saturated rings. The number of nitrogens with zero attached hydrogens (tertiary/aromatic N) is 1. The van der Waals surface area contributed by atoms with Gasteiger partial charge in [-0.25, -0.2) is 0 Å². The highest BCUT2D eigenvalue weighted by Gasteiger charge is 2.16. The molecule has 0 aliphatic heterocycles. The third-order valence-electron chi connectivity index (χ3n) is 2.70. The van der Waals surface area contributed by atoms with E-state index in [1.54, 1.807) is 6.92 Å². The maximum Gasteiger partial charge on any atom is 0.305 e. The highest BCUT2D eigenvalue weighted by molar-refractivity contribution is 5.86. The van der Waals surface area contributed by atoms with Crippen molar-refractivity contribution in [2.75, 3.05) is 0 Å². The van der Waals surface area contributed by atoms with Crippen LogP contribution in [-0.2, 0) is 22.7 Å². The number of carboxylic acid groups (broad SMARTS) is 1. The molecule has 1 aromatic carbocycles. The zero-order valence-electron chi connectivity index (χ0n) is 12.7. The Morgan fingerprint density at radius 2 is 1.91 bits per heavy atom. The third kappa shape index (κ3) is 9.72. The average molecular weight is 365 g/mol.